The fourth-order valence-electron chi connectivity index (χ4n) is 2.37. The first kappa shape index (κ1) is 17.1. The van der Waals surface area contributed by atoms with Crippen LogP contribution in [0.1, 0.15) is 39.5 Å². The highest BCUT2D eigenvalue weighted by molar-refractivity contribution is 5.79. The first-order chi connectivity index (χ1) is 11.1. The highest BCUT2D eigenvalue weighted by atomic mass is 16.5. The van der Waals surface area contributed by atoms with Crippen LogP contribution in [-0.4, -0.2) is 18.6 Å². The molecule has 1 aromatic carbocycles. The van der Waals surface area contributed by atoms with Crippen molar-refractivity contribution in [3.05, 3.63) is 40.8 Å². The molecule has 0 saturated heterocycles. The molecule has 23 heavy (non-hydrogen) atoms. The van der Waals surface area contributed by atoms with Crippen LogP contribution in [0.2, 0.25) is 0 Å². The number of amides is 1. The zero-order valence-corrected chi connectivity index (χ0v) is 13.6. The summed E-state index contributed by atoms with van der Waals surface area (Å²) < 4.78 is 10.6. The summed E-state index contributed by atoms with van der Waals surface area (Å²) in [6.07, 6.45) is 4.43. The lowest BCUT2D eigenvalue weighted by molar-refractivity contribution is -0.123. The third-order valence-electron chi connectivity index (χ3n) is 3.61. The molecule has 0 radical (unpaired) electrons. The average molecular weight is 317 g/mol. The fourth-order valence-corrected chi connectivity index (χ4v) is 2.37. The average Bonchev–Trinajstić information content (AvgIpc) is 2.52. The predicted molar refractivity (Wildman–Crippen MR) is 89.7 cm³/mol. The molecule has 124 valence electrons. The molecule has 0 aliphatic carbocycles. The van der Waals surface area contributed by atoms with Crippen molar-refractivity contribution in [2.75, 3.05) is 6.61 Å². The maximum atomic E-state index is 11.9. The van der Waals surface area contributed by atoms with Crippen molar-refractivity contribution >= 4 is 16.9 Å². The van der Waals surface area contributed by atoms with Gasteiger partial charge < -0.3 is 14.5 Å². The highest BCUT2D eigenvalue weighted by Crippen LogP contribution is 2.19. The summed E-state index contributed by atoms with van der Waals surface area (Å²) >= 11 is 0. The summed E-state index contributed by atoms with van der Waals surface area (Å²) in [4.78, 5) is 23.1. The summed E-state index contributed by atoms with van der Waals surface area (Å²) in [7, 11) is 0. The van der Waals surface area contributed by atoms with Gasteiger partial charge in [0.05, 0.1) is 0 Å². The maximum Gasteiger partial charge on any atom is 0.336 e. The monoisotopic (exact) mass is 317 g/mol. The van der Waals surface area contributed by atoms with Gasteiger partial charge in [-0.1, -0.05) is 26.2 Å². The molecule has 2 rings (SSSR count). The lowest BCUT2D eigenvalue weighted by Gasteiger charge is -2.14. The molecule has 1 amide bonds. The summed E-state index contributed by atoms with van der Waals surface area (Å²) in [5.41, 5.74) is 0.0386. The van der Waals surface area contributed by atoms with Crippen molar-refractivity contribution in [1.82, 2.24) is 5.32 Å². The maximum absolute atomic E-state index is 11.9. The number of fused-ring (bicyclic) bond motifs is 1. The van der Waals surface area contributed by atoms with Gasteiger partial charge in [0.15, 0.2) is 6.61 Å². The highest BCUT2D eigenvalue weighted by Gasteiger charge is 2.08. The summed E-state index contributed by atoms with van der Waals surface area (Å²) in [5.74, 6) is 0.351. The molecule has 1 aromatic heterocycles. The topological polar surface area (TPSA) is 68.5 Å². The van der Waals surface area contributed by atoms with E-state index in [1.165, 1.54) is 18.9 Å². The van der Waals surface area contributed by atoms with E-state index in [0.717, 1.165) is 18.2 Å². The van der Waals surface area contributed by atoms with Crippen molar-refractivity contribution in [2.24, 2.45) is 0 Å². The smallest absolute Gasteiger partial charge is 0.336 e. The number of carbonyl (C=O) groups excluding carboxylic acids is 1. The largest absolute Gasteiger partial charge is 0.484 e. The predicted octanol–water partition coefficient (Wildman–Crippen LogP) is 3.26. The standard InChI is InChI=1S/C18H23NO4/c1-3-4-5-6-13(2)19-17(20)12-22-15-9-7-14-8-10-18(21)23-16(14)11-15/h7-11,13H,3-6,12H2,1-2H3,(H,19,20)/t13-/m0/s1. The summed E-state index contributed by atoms with van der Waals surface area (Å²) in [5, 5.41) is 3.73. The van der Waals surface area contributed by atoms with Gasteiger partial charge in [0.1, 0.15) is 11.3 Å². The van der Waals surface area contributed by atoms with Gasteiger partial charge in [-0.15, -0.1) is 0 Å². The Bertz CT molecular complexity index is 707. The lowest BCUT2D eigenvalue weighted by atomic mass is 10.1. The second-order valence-corrected chi connectivity index (χ2v) is 5.71. The van der Waals surface area contributed by atoms with Crippen molar-refractivity contribution in [3.63, 3.8) is 0 Å². The second-order valence-electron chi connectivity index (χ2n) is 5.71. The fraction of sp³-hybridized carbons (Fsp3) is 0.444. The van der Waals surface area contributed by atoms with Gasteiger partial charge in [-0.25, -0.2) is 4.79 Å². The van der Waals surface area contributed by atoms with E-state index in [1.54, 1.807) is 24.3 Å². The first-order valence-electron chi connectivity index (χ1n) is 8.04. The van der Waals surface area contributed by atoms with Crippen molar-refractivity contribution in [2.45, 2.75) is 45.6 Å². The first-order valence-corrected chi connectivity index (χ1v) is 8.04. The van der Waals surface area contributed by atoms with Crippen LogP contribution in [-0.2, 0) is 4.79 Å². The zero-order valence-electron chi connectivity index (χ0n) is 13.6. The van der Waals surface area contributed by atoms with Crippen LogP contribution in [0.3, 0.4) is 0 Å². The van der Waals surface area contributed by atoms with Crippen LogP contribution in [0, 0.1) is 0 Å². The Balaban J connectivity index is 1.85. The van der Waals surface area contributed by atoms with E-state index in [2.05, 4.69) is 12.2 Å². The number of hydrogen-bond donors (Lipinski definition) is 1. The Labute approximate surface area is 135 Å². The Morgan fingerprint density at radius 1 is 1.26 bits per heavy atom. The van der Waals surface area contributed by atoms with Crippen LogP contribution in [0.4, 0.5) is 0 Å². The number of carbonyl (C=O) groups is 1. The number of benzene rings is 1. The molecular weight excluding hydrogens is 294 g/mol. The van der Waals surface area contributed by atoms with Crippen LogP contribution < -0.4 is 15.7 Å². The molecule has 0 spiro atoms. The molecule has 5 nitrogen and oxygen atoms in total. The minimum atomic E-state index is -0.409. The Morgan fingerprint density at radius 2 is 2.04 bits per heavy atom. The van der Waals surface area contributed by atoms with E-state index in [4.69, 9.17) is 9.15 Å². The molecule has 0 aliphatic heterocycles. The van der Waals surface area contributed by atoms with Crippen molar-refractivity contribution < 1.29 is 13.9 Å². The zero-order chi connectivity index (χ0) is 16.7. The SMILES string of the molecule is CCCCC[C@H](C)NC(=O)COc1ccc2ccc(=O)oc2c1. The van der Waals surface area contributed by atoms with Crippen molar-refractivity contribution in [1.29, 1.82) is 0 Å². The van der Waals surface area contributed by atoms with Crippen LogP contribution in [0.5, 0.6) is 5.75 Å². The molecule has 0 bridgehead atoms. The number of rotatable bonds is 8. The molecule has 0 saturated carbocycles. The van der Waals surface area contributed by atoms with E-state index >= 15 is 0 Å². The molecule has 0 fully saturated rings. The number of unbranched alkanes of at least 4 members (excludes halogenated alkanes) is 2. The molecular formula is C18H23NO4. The number of hydrogen-bond acceptors (Lipinski definition) is 4. The number of ether oxygens (including phenoxy) is 1. The van der Waals surface area contributed by atoms with Crippen molar-refractivity contribution in [3.8, 4) is 5.75 Å². The Morgan fingerprint density at radius 3 is 2.83 bits per heavy atom. The molecule has 5 heteroatoms. The Kier molecular flexibility index (Phi) is 6.20. The van der Waals surface area contributed by atoms with E-state index in [-0.39, 0.29) is 18.6 Å². The minimum Gasteiger partial charge on any atom is -0.484 e. The molecule has 0 aliphatic rings. The summed E-state index contributed by atoms with van der Waals surface area (Å²) in [6.45, 7) is 4.10. The van der Waals surface area contributed by atoms with E-state index in [9.17, 15) is 9.59 Å². The van der Waals surface area contributed by atoms with Crippen LogP contribution in [0.25, 0.3) is 11.0 Å². The normalized spacial score (nSPS) is 12.1. The lowest BCUT2D eigenvalue weighted by Crippen LogP contribution is -2.36. The Hall–Kier alpha value is -2.30. The quantitative estimate of drug-likeness (QED) is 0.599. The third-order valence-corrected chi connectivity index (χ3v) is 3.61. The van der Waals surface area contributed by atoms with E-state index in [1.807, 2.05) is 6.92 Å². The minimum absolute atomic E-state index is 0.0549. The molecule has 1 heterocycles. The van der Waals surface area contributed by atoms with Gasteiger partial charge in [-0.2, -0.15) is 0 Å². The van der Waals surface area contributed by atoms with Gasteiger partial charge >= 0.3 is 5.63 Å². The molecule has 2 aromatic rings. The van der Waals surface area contributed by atoms with Gasteiger partial charge in [0, 0.05) is 23.6 Å². The molecule has 0 unspecified atom stereocenters. The van der Waals surface area contributed by atoms with E-state index in [0.29, 0.717) is 11.3 Å². The molecule has 1 N–H and O–H groups in total. The summed E-state index contributed by atoms with van der Waals surface area (Å²) in [6, 6.07) is 8.37. The number of nitrogens with one attached hydrogen (secondary N) is 1. The van der Waals surface area contributed by atoms with Gasteiger partial charge in [0.2, 0.25) is 0 Å². The second kappa shape index (κ2) is 8.36. The van der Waals surface area contributed by atoms with Crippen LogP contribution >= 0.6 is 0 Å². The molecule has 1 atom stereocenters. The van der Waals surface area contributed by atoms with E-state index < -0.39 is 5.63 Å². The van der Waals surface area contributed by atoms with Gasteiger partial charge in [0.25, 0.3) is 5.91 Å². The third kappa shape index (κ3) is 5.43. The van der Waals surface area contributed by atoms with Crippen LogP contribution in [0.15, 0.2) is 39.5 Å². The van der Waals surface area contributed by atoms with Gasteiger partial charge in [-0.3, -0.25) is 4.79 Å². The van der Waals surface area contributed by atoms with Gasteiger partial charge in [-0.05, 0) is 31.5 Å².